The van der Waals surface area contributed by atoms with Crippen LogP contribution in [-0.2, 0) is 6.42 Å². The quantitative estimate of drug-likeness (QED) is 0.557. The van der Waals surface area contributed by atoms with Crippen molar-refractivity contribution in [2.24, 2.45) is 0 Å². The molecule has 2 aromatic carbocycles. The SMILES string of the molecule is O=C(NCCCOc1ccc(Br)cc1Cl)NCCc1cccc(Cl)c1. The normalized spacial score (nSPS) is 10.4. The molecular formula is C18H19BrCl2N2O2. The van der Waals surface area contributed by atoms with Gasteiger partial charge in [-0.3, -0.25) is 0 Å². The molecule has 2 amide bonds. The molecule has 0 saturated carbocycles. The fourth-order valence-corrected chi connectivity index (χ4v) is 3.06. The largest absolute Gasteiger partial charge is 0.492 e. The predicted molar refractivity (Wildman–Crippen MR) is 106 cm³/mol. The number of benzene rings is 2. The molecule has 0 aliphatic rings. The molecule has 134 valence electrons. The molecule has 0 radical (unpaired) electrons. The van der Waals surface area contributed by atoms with Crippen molar-refractivity contribution in [3.8, 4) is 5.75 Å². The molecule has 2 rings (SSSR count). The van der Waals surface area contributed by atoms with Gasteiger partial charge in [0.25, 0.3) is 0 Å². The van der Waals surface area contributed by atoms with Crippen LogP contribution in [0.3, 0.4) is 0 Å². The Morgan fingerprint density at radius 1 is 1.08 bits per heavy atom. The number of carbonyl (C=O) groups is 1. The smallest absolute Gasteiger partial charge is 0.314 e. The predicted octanol–water partition coefficient (Wildman–Crippen LogP) is 5.07. The zero-order valence-electron chi connectivity index (χ0n) is 13.5. The van der Waals surface area contributed by atoms with E-state index in [0.29, 0.717) is 41.9 Å². The Labute approximate surface area is 166 Å². The van der Waals surface area contributed by atoms with Gasteiger partial charge in [0.2, 0.25) is 0 Å². The fourth-order valence-electron chi connectivity index (χ4n) is 2.12. The molecular weight excluding hydrogens is 427 g/mol. The van der Waals surface area contributed by atoms with Gasteiger partial charge in [-0.25, -0.2) is 4.79 Å². The van der Waals surface area contributed by atoms with Crippen LogP contribution in [0, 0.1) is 0 Å². The van der Waals surface area contributed by atoms with Crippen molar-refractivity contribution in [3.05, 3.63) is 62.5 Å². The maximum absolute atomic E-state index is 11.7. The second-order valence-corrected chi connectivity index (χ2v) is 7.10. The van der Waals surface area contributed by atoms with Gasteiger partial charge in [0.05, 0.1) is 11.6 Å². The maximum Gasteiger partial charge on any atom is 0.314 e. The van der Waals surface area contributed by atoms with E-state index in [1.54, 1.807) is 6.07 Å². The highest BCUT2D eigenvalue weighted by molar-refractivity contribution is 9.10. The topological polar surface area (TPSA) is 50.4 Å². The lowest BCUT2D eigenvalue weighted by Crippen LogP contribution is -2.37. The molecule has 0 heterocycles. The number of carbonyl (C=O) groups excluding carboxylic acids is 1. The Morgan fingerprint density at radius 3 is 2.64 bits per heavy atom. The molecule has 2 aromatic rings. The van der Waals surface area contributed by atoms with Gasteiger partial charge in [-0.05, 0) is 48.7 Å². The zero-order valence-corrected chi connectivity index (χ0v) is 16.6. The minimum Gasteiger partial charge on any atom is -0.492 e. The van der Waals surface area contributed by atoms with Gasteiger partial charge in [0, 0.05) is 22.6 Å². The molecule has 0 aromatic heterocycles. The van der Waals surface area contributed by atoms with Crippen molar-refractivity contribution in [1.82, 2.24) is 10.6 Å². The van der Waals surface area contributed by atoms with Crippen molar-refractivity contribution in [1.29, 1.82) is 0 Å². The van der Waals surface area contributed by atoms with Crippen molar-refractivity contribution in [2.75, 3.05) is 19.7 Å². The highest BCUT2D eigenvalue weighted by Gasteiger charge is 2.03. The molecule has 2 N–H and O–H groups in total. The average Bonchev–Trinajstić information content (AvgIpc) is 2.56. The summed E-state index contributed by atoms with van der Waals surface area (Å²) in [6.07, 6.45) is 1.42. The zero-order chi connectivity index (χ0) is 18.1. The van der Waals surface area contributed by atoms with Gasteiger partial charge in [0.15, 0.2) is 0 Å². The lowest BCUT2D eigenvalue weighted by molar-refractivity contribution is 0.239. The van der Waals surface area contributed by atoms with Crippen molar-refractivity contribution in [2.45, 2.75) is 12.8 Å². The van der Waals surface area contributed by atoms with Crippen molar-refractivity contribution < 1.29 is 9.53 Å². The fraction of sp³-hybridized carbons (Fsp3) is 0.278. The van der Waals surface area contributed by atoms with E-state index in [0.717, 1.165) is 16.5 Å². The second kappa shape index (κ2) is 10.5. The van der Waals surface area contributed by atoms with E-state index in [1.807, 2.05) is 36.4 Å². The molecule has 0 atom stereocenters. The highest BCUT2D eigenvalue weighted by Crippen LogP contribution is 2.27. The molecule has 25 heavy (non-hydrogen) atoms. The van der Waals surface area contributed by atoms with Gasteiger partial charge >= 0.3 is 6.03 Å². The van der Waals surface area contributed by atoms with Crippen LogP contribution in [0.15, 0.2) is 46.9 Å². The number of amides is 2. The molecule has 0 spiro atoms. The molecule has 0 aliphatic heterocycles. The summed E-state index contributed by atoms with van der Waals surface area (Å²) in [6, 6.07) is 12.9. The third kappa shape index (κ3) is 7.55. The molecule has 0 unspecified atom stereocenters. The summed E-state index contributed by atoms with van der Waals surface area (Å²) < 4.78 is 6.49. The molecule has 0 aliphatic carbocycles. The van der Waals surface area contributed by atoms with Crippen LogP contribution in [0.1, 0.15) is 12.0 Å². The summed E-state index contributed by atoms with van der Waals surface area (Å²) in [5, 5.41) is 6.87. The Bertz CT molecular complexity index is 713. The van der Waals surface area contributed by atoms with Gasteiger partial charge in [-0.2, -0.15) is 0 Å². The minimum atomic E-state index is -0.191. The van der Waals surface area contributed by atoms with Crippen LogP contribution in [0.5, 0.6) is 5.75 Å². The maximum atomic E-state index is 11.7. The monoisotopic (exact) mass is 444 g/mol. The summed E-state index contributed by atoms with van der Waals surface area (Å²) >= 11 is 15.3. The van der Waals surface area contributed by atoms with Crippen LogP contribution in [-0.4, -0.2) is 25.7 Å². The average molecular weight is 446 g/mol. The van der Waals surface area contributed by atoms with Crippen LogP contribution in [0.2, 0.25) is 10.0 Å². The first kappa shape index (κ1) is 19.9. The number of ether oxygens (including phenoxy) is 1. The Balaban J connectivity index is 1.56. The van der Waals surface area contributed by atoms with E-state index >= 15 is 0 Å². The Kier molecular flexibility index (Phi) is 8.38. The van der Waals surface area contributed by atoms with Crippen molar-refractivity contribution >= 4 is 45.2 Å². The summed E-state index contributed by atoms with van der Waals surface area (Å²) in [4.78, 5) is 11.7. The van der Waals surface area contributed by atoms with Gasteiger partial charge < -0.3 is 15.4 Å². The first-order chi connectivity index (χ1) is 12.0. The van der Waals surface area contributed by atoms with E-state index in [4.69, 9.17) is 27.9 Å². The first-order valence-electron chi connectivity index (χ1n) is 7.88. The number of urea groups is 1. The van der Waals surface area contributed by atoms with Crippen LogP contribution >= 0.6 is 39.1 Å². The standard InChI is InChI=1S/C18H19BrCl2N2O2/c19-14-5-6-17(16(21)12-14)25-10-2-8-22-18(24)23-9-7-13-3-1-4-15(20)11-13/h1,3-6,11-12H,2,7-10H2,(H2,22,23,24). The van der Waals surface area contributed by atoms with Crippen LogP contribution in [0.4, 0.5) is 4.79 Å². The third-order valence-electron chi connectivity index (χ3n) is 3.35. The van der Waals surface area contributed by atoms with E-state index in [-0.39, 0.29) is 6.03 Å². The number of rotatable bonds is 8. The molecule has 0 fully saturated rings. The third-order valence-corrected chi connectivity index (χ3v) is 4.37. The molecule has 7 heteroatoms. The van der Waals surface area contributed by atoms with E-state index in [1.165, 1.54) is 0 Å². The highest BCUT2D eigenvalue weighted by atomic mass is 79.9. The van der Waals surface area contributed by atoms with Crippen LogP contribution < -0.4 is 15.4 Å². The second-order valence-electron chi connectivity index (χ2n) is 5.34. The summed E-state index contributed by atoms with van der Waals surface area (Å²) in [6.45, 7) is 1.55. The van der Waals surface area contributed by atoms with Crippen LogP contribution in [0.25, 0.3) is 0 Å². The number of hydrogen-bond acceptors (Lipinski definition) is 2. The lowest BCUT2D eigenvalue weighted by atomic mass is 10.1. The lowest BCUT2D eigenvalue weighted by Gasteiger charge is -2.10. The number of nitrogens with one attached hydrogen (secondary N) is 2. The Morgan fingerprint density at radius 2 is 1.88 bits per heavy atom. The molecule has 4 nitrogen and oxygen atoms in total. The first-order valence-corrected chi connectivity index (χ1v) is 9.43. The number of halogens is 3. The van der Waals surface area contributed by atoms with E-state index in [2.05, 4.69) is 26.6 Å². The molecule has 0 saturated heterocycles. The number of hydrogen-bond donors (Lipinski definition) is 2. The van der Waals surface area contributed by atoms with Gasteiger partial charge in [-0.1, -0.05) is 51.3 Å². The van der Waals surface area contributed by atoms with E-state index in [9.17, 15) is 4.79 Å². The summed E-state index contributed by atoms with van der Waals surface area (Å²) in [7, 11) is 0. The molecule has 0 bridgehead atoms. The Hall–Kier alpha value is -1.43. The van der Waals surface area contributed by atoms with Crippen molar-refractivity contribution in [3.63, 3.8) is 0 Å². The minimum absolute atomic E-state index is 0.191. The van der Waals surface area contributed by atoms with Gasteiger partial charge in [0.1, 0.15) is 5.75 Å². The van der Waals surface area contributed by atoms with Gasteiger partial charge in [-0.15, -0.1) is 0 Å². The summed E-state index contributed by atoms with van der Waals surface area (Å²) in [5.74, 6) is 0.635. The van der Waals surface area contributed by atoms with E-state index < -0.39 is 0 Å². The summed E-state index contributed by atoms with van der Waals surface area (Å²) in [5.41, 5.74) is 1.09.